The van der Waals surface area contributed by atoms with Gasteiger partial charge in [-0.25, -0.2) is 0 Å². The fraction of sp³-hybridized carbons (Fsp3) is 0.462. The van der Waals surface area contributed by atoms with Crippen molar-refractivity contribution in [3.05, 3.63) is 34.9 Å². The van der Waals surface area contributed by atoms with E-state index in [1.165, 1.54) is 24.0 Å². The van der Waals surface area contributed by atoms with Crippen LogP contribution in [0.3, 0.4) is 0 Å². The summed E-state index contributed by atoms with van der Waals surface area (Å²) < 4.78 is 0. The molecule has 0 spiro atoms. The van der Waals surface area contributed by atoms with Gasteiger partial charge in [0.1, 0.15) is 0 Å². The van der Waals surface area contributed by atoms with Crippen LogP contribution in [0, 0.1) is 12.8 Å². The fourth-order valence-corrected chi connectivity index (χ4v) is 2.23. The van der Waals surface area contributed by atoms with E-state index < -0.39 is 0 Å². The van der Waals surface area contributed by atoms with Crippen LogP contribution < -0.4 is 0 Å². The number of carbonyl (C=O) groups is 1. The molecular weight excluding hydrogens is 186 g/mol. The predicted octanol–water partition coefficient (Wildman–Crippen LogP) is 2.36. The number of benzene rings is 1. The summed E-state index contributed by atoms with van der Waals surface area (Å²) in [5, 5.41) is 0. The minimum absolute atomic E-state index is 0.237. The van der Waals surface area contributed by atoms with E-state index in [1.54, 1.807) is 0 Å². The lowest BCUT2D eigenvalue weighted by Gasteiger charge is -2.14. The molecule has 1 amide bonds. The molecule has 2 aliphatic rings. The van der Waals surface area contributed by atoms with E-state index in [-0.39, 0.29) is 5.91 Å². The molecule has 1 heterocycles. The van der Waals surface area contributed by atoms with Crippen molar-refractivity contribution in [1.29, 1.82) is 0 Å². The Morgan fingerprint density at radius 1 is 1.40 bits per heavy atom. The van der Waals surface area contributed by atoms with Crippen molar-refractivity contribution in [2.45, 2.75) is 26.3 Å². The van der Waals surface area contributed by atoms with Gasteiger partial charge in [0, 0.05) is 18.7 Å². The van der Waals surface area contributed by atoms with Crippen LogP contribution in [-0.2, 0) is 6.54 Å². The van der Waals surface area contributed by atoms with Crippen LogP contribution in [-0.4, -0.2) is 17.4 Å². The number of hydrogen-bond acceptors (Lipinski definition) is 1. The van der Waals surface area contributed by atoms with Gasteiger partial charge in [-0.2, -0.15) is 0 Å². The second-order valence-corrected chi connectivity index (χ2v) is 4.79. The Morgan fingerprint density at radius 3 is 2.93 bits per heavy atom. The summed E-state index contributed by atoms with van der Waals surface area (Å²) >= 11 is 0. The zero-order valence-electron chi connectivity index (χ0n) is 8.99. The summed E-state index contributed by atoms with van der Waals surface area (Å²) in [5.74, 6) is 1.02. The Balaban J connectivity index is 1.87. The first kappa shape index (κ1) is 8.96. The van der Waals surface area contributed by atoms with Crippen LogP contribution in [0.25, 0.3) is 0 Å². The van der Waals surface area contributed by atoms with Crippen LogP contribution in [0.1, 0.15) is 34.3 Å². The molecule has 0 aromatic heterocycles. The van der Waals surface area contributed by atoms with Crippen molar-refractivity contribution >= 4 is 5.91 Å². The third kappa shape index (κ3) is 1.54. The van der Waals surface area contributed by atoms with Gasteiger partial charge in [-0.05, 0) is 37.3 Å². The normalized spacial score (nSPS) is 19.5. The molecule has 78 valence electrons. The van der Waals surface area contributed by atoms with E-state index in [9.17, 15) is 4.79 Å². The predicted molar refractivity (Wildman–Crippen MR) is 58.6 cm³/mol. The topological polar surface area (TPSA) is 20.3 Å². The molecule has 0 unspecified atom stereocenters. The van der Waals surface area contributed by atoms with E-state index in [0.29, 0.717) is 0 Å². The van der Waals surface area contributed by atoms with Crippen molar-refractivity contribution in [2.75, 3.05) is 6.54 Å². The number of rotatable bonds is 2. The molecule has 0 bridgehead atoms. The molecule has 0 N–H and O–H groups in total. The van der Waals surface area contributed by atoms with E-state index in [0.717, 1.165) is 24.6 Å². The lowest BCUT2D eigenvalue weighted by Crippen LogP contribution is -2.26. The van der Waals surface area contributed by atoms with Gasteiger partial charge in [-0.1, -0.05) is 17.7 Å². The van der Waals surface area contributed by atoms with Gasteiger partial charge in [0.15, 0.2) is 0 Å². The van der Waals surface area contributed by atoms with Crippen LogP contribution in [0.15, 0.2) is 18.2 Å². The first-order chi connectivity index (χ1) is 7.24. The number of amides is 1. The second kappa shape index (κ2) is 3.09. The van der Waals surface area contributed by atoms with Gasteiger partial charge in [-0.15, -0.1) is 0 Å². The third-order valence-electron chi connectivity index (χ3n) is 3.32. The van der Waals surface area contributed by atoms with Gasteiger partial charge in [0.2, 0.25) is 0 Å². The molecule has 0 saturated heterocycles. The Labute approximate surface area is 89.9 Å². The summed E-state index contributed by atoms with van der Waals surface area (Å²) in [4.78, 5) is 14.0. The van der Waals surface area contributed by atoms with Crippen molar-refractivity contribution in [1.82, 2.24) is 4.90 Å². The average molecular weight is 201 g/mol. The quantitative estimate of drug-likeness (QED) is 0.719. The lowest BCUT2D eigenvalue weighted by molar-refractivity contribution is 0.0771. The lowest BCUT2D eigenvalue weighted by atomic mass is 10.1. The zero-order valence-corrected chi connectivity index (χ0v) is 8.99. The first-order valence-electron chi connectivity index (χ1n) is 5.63. The second-order valence-electron chi connectivity index (χ2n) is 4.79. The molecule has 0 atom stereocenters. The van der Waals surface area contributed by atoms with Crippen molar-refractivity contribution in [3.63, 3.8) is 0 Å². The van der Waals surface area contributed by atoms with E-state index >= 15 is 0 Å². The molecule has 2 heteroatoms. The summed E-state index contributed by atoms with van der Waals surface area (Å²) in [6, 6.07) is 6.20. The number of nitrogens with zero attached hydrogens (tertiary/aromatic N) is 1. The summed E-state index contributed by atoms with van der Waals surface area (Å²) in [7, 11) is 0. The number of carbonyl (C=O) groups excluding carboxylic acids is 1. The van der Waals surface area contributed by atoms with Crippen molar-refractivity contribution in [2.24, 2.45) is 5.92 Å². The molecule has 2 nitrogen and oxygen atoms in total. The Morgan fingerprint density at radius 2 is 2.20 bits per heavy atom. The molecule has 1 aromatic carbocycles. The van der Waals surface area contributed by atoms with Crippen LogP contribution >= 0.6 is 0 Å². The van der Waals surface area contributed by atoms with Gasteiger partial charge in [0.25, 0.3) is 5.91 Å². The summed E-state index contributed by atoms with van der Waals surface area (Å²) in [5.41, 5.74) is 3.30. The van der Waals surface area contributed by atoms with E-state index in [1.807, 2.05) is 17.9 Å². The van der Waals surface area contributed by atoms with E-state index in [4.69, 9.17) is 0 Å². The maximum atomic E-state index is 12.0. The van der Waals surface area contributed by atoms with E-state index in [2.05, 4.69) is 12.1 Å². The number of aryl methyl sites for hydroxylation is 1. The maximum absolute atomic E-state index is 12.0. The first-order valence-corrected chi connectivity index (χ1v) is 5.63. The van der Waals surface area contributed by atoms with Crippen LogP contribution in [0.2, 0.25) is 0 Å². The molecule has 15 heavy (non-hydrogen) atoms. The highest BCUT2D eigenvalue weighted by molar-refractivity contribution is 5.98. The maximum Gasteiger partial charge on any atom is 0.254 e. The molecule has 1 aliphatic heterocycles. The monoisotopic (exact) mass is 201 g/mol. The highest BCUT2D eigenvalue weighted by atomic mass is 16.2. The van der Waals surface area contributed by atoms with Crippen LogP contribution in [0.4, 0.5) is 0 Å². The van der Waals surface area contributed by atoms with Crippen LogP contribution in [0.5, 0.6) is 0 Å². The minimum Gasteiger partial charge on any atom is -0.334 e. The van der Waals surface area contributed by atoms with Gasteiger partial charge in [0.05, 0.1) is 0 Å². The van der Waals surface area contributed by atoms with Crippen molar-refractivity contribution in [3.8, 4) is 0 Å². The third-order valence-corrected chi connectivity index (χ3v) is 3.32. The molecule has 3 rings (SSSR count). The standard InChI is InChI=1S/C13H15NO/c1-9-2-5-11-8-14(7-10-3-4-10)13(15)12(11)6-9/h2,5-6,10H,3-4,7-8H2,1H3. The molecule has 1 aliphatic carbocycles. The minimum atomic E-state index is 0.237. The Kier molecular flexibility index (Phi) is 1.84. The van der Waals surface area contributed by atoms with Gasteiger partial charge in [-0.3, -0.25) is 4.79 Å². The van der Waals surface area contributed by atoms with Gasteiger partial charge < -0.3 is 4.90 Å². The Bertz CT molecular complexity index is 421. The molecular formula is C13H15NO. The smallest absolute Gasteiger partial charge is 0.254 e. The van der Waals surface area contributed by atoms with Crippen molar-refractivity contribution < 1.29 is 4.79 Å². The highest BCUT2D eigenvalue weighted by Crippen LogP contribution is 2.33. The zero-order chi connectivity index (χ0) is 10.4. The van der Waals surface area contributed by atoms with Gasteiger partial charge >= 0.3 is 0 Å². The molecule has 1 fully saturated rings. The summed E-state index contributed by atoms with van der Waals surface area (Å²) in [6.07, 6.45) is 2.61. The Hall–Kier alpha value is -1.31. The average Bonchev–Trinajstić information content (AvgIpc) is 2.97. The largest absolute Gasteiger partial charge is 0.334 e. The fourth-order valence-electron chi connectivity index (χ4n) is 2.23. The molecule has 1 aromatic rings. The highest BCUT2D eigenvalue weighted by Gasteiger charge is 2.32. The number of fused-ring (bicyclic) bond motifs is 1. The summed E-state index contributed by atoms with van der Waals surface area (Å²) in [6.45, 7) is 3.83. The number of hydrogen-bond donors (Lipinski definition) is 0. The SMILES string of the molecule is Cc1ccc2c(c1)C(=O)N(CC1CC1)C2. The molecule has 1 saturated carbocycles. The molecule has 0 radical (unpaired) electrons.